The van der Waals surface area contributed by atoms with Crippen molar-refractivity contribution >= 4 is 81.8 Å². The van der Waals surface area contributed by atoms with Gasteiger partial charge in [0.2, 0.25) is 7.59 Å². The van der Waals surface area contributed by atoms with Crippen LogP contribution in [0.15, 0.2) is 12.2 Å². The highest BCUT2D eigenvalue weighted by Crippen LogP contribution is 2.67. The molecule has 4 atom stereocenters. The first kappa shape index (κ1) is 22.2. The third-order valence-corrected chi connectivity index (χ3v) is 6.32. The molecular weight excluding hydrogens is 513 g/mol. The van der Waals surface area contributed by atoms with Crippen LogP contribution in [0.25, 0.3) is 0 Å². The van der Waals surface area contributed by atoms with Crippen LogP contribution in [0.4, 0.5) is 9.59 Å². The zero-order valence-corrected chi connectivity index (χ0v) is 19.3. The molecule has 3 fully saturated rings. The van der Waals surface area contributed by atoms with Gasteiger partial charge in [0.25, 0.3) is 0 Å². The molecule has 0 radical (unpaired) electrons. The Morgan fingerprint density at radius 2 is 1.24 bits per heavy atom. The number of amides is 2. The maximum Gasteiger partial charge on any atom is 0.429 e. The van der Waals surface area contributed by atoms with E-state index in [1.807, 2.05) is 12.2 Å². The third kappa shape index (κ3) is 3.75. The minimum Gasteiger partial charge on any atom is -0.444 e. The molecule has 13 heteroatoms. The summed E-state index contributed by atoms with van der Waals surface area (Å²) >= 11 is 34.1. The van der Waals surface area contributed by atoms with E-state index in [1.54, 1.807) is 0 Å². The summed E-state index contributed by atoms with van der Waals surface area (Å²) in [6.45, 7) is -0.992. The van der Waals surface area contributed by atoms with Crippen molar-refractivity contribution < 1.29 is 23.8 Å². The molecule has 1 saturated carbocycles. The monoisotopic (exact) mass is 526 g/mol. The van der Waals surface area contributed by atoms with Crippen molar-refractivity contribution in [2.24, 2.45) is 0 Å². The topological polar surface area (TPSA) is 71.6 Å². The van der Waals surface area contributed by atoms with E-state index in [-0.39, 0.29) is 0 Å². The van der Waals surface area contributed by atoms with Crippen LogP contribution in [0.3, 0.4) is 0 Å². The van der Waals surface area contributed by atoms with Crippen LogP contribution in [0.5, 0.6) is 0 Å². The summed E-state index contributed by atoms with van der Waals surface area (Å²) in [5.41, 5.74) is -1.15. The van der Waals surface area contributed by atoms with Gasteiger partial charge in [-0.2, -0.15) is 0 Å². The number of fused-ring (bicyclic) bond motifs is 1. The number of hydrazine groups is 1. The van der Waals surface area contributed by atoms with Gasteiger partial charge < -0.3 is 14.2 Å². The van der Waals surface area contributed by atoms with E-state index >= 15 is 0 Å². The molecule has 0 unspecified atom stereocenters. The molecule has 2 bridgehead atoms. The molecule has 7 nitrogen and oxygen atoms in total. The zero-order valence-electron chi connectivity index (χ0n) is 14.8. The predicted octanol–water partition coefficient (Wildman–Crippen LogP) is 4.92. The van der Waals surface area contributed by atoms with Crippen molar-refractivity contribution in [2.75, 3.05) is 13.2 Å². The summed E-state index contributed by atoms with van der Waals surface area (Å²) in [5.74, 6) is 0. The van der Waals surface area contributed by atoms with Gasteiger partial charge in [0.15, 0.2) is 0 Å². The smallest absolute Gasteiger partial charge is 0.429 e. The minimum atomic E-state index is -1.80. The first-order valence-electron chi connectivity index (χ1n) is 8.84. The summed E-state index contributed by atoms with van der Waals surface area (Å²) in [7, 11) is 0. The maximum atomic E-state index is 12.9. The molecule has 3 heterocycles. The molecule has 2 aliphatic carbocycles. The average Bonchev–Trinajstić information content (AvgIpc) is 3.36. The number of carbonyl (C=O) groups is 2. The van der Waals surface area contributed by atoms with Crippen LogP contribution < -0.4 is 0 Å². The number of ether oxygens (including phenoxy) is 3. The van der Waals surface area contributed by atoms with Gasteiger partial charge in [-0.1, -0.05) is 94.6 Å². The number of nitrogens with zero attached hydrogens (tertiary/aromatic N) is 2. The van der Waals surface area contributed by atoms with E-state index < -0.39 is 56.3 Å². The normalized spacial score (nSPS) is 35.1. The summed E-state index contributed by atoms with van der Waals surface area (Å²) in [4.78, 5) is 25.8. The Balaban J connectivity index is 1.63. The van der Waals surface area contributed by atoms with Gasteiger partial charge in [-0.05, 0) is 12.8 Å². The van der Waals surface area contributed by atoms with Gasteiger partial charge in [0, 0.05) is 0 Å². The number of alkyl halides is 6. The van der Waals surface area contributed by atoms with E-state index in [9.17, 15) is 9.59 Å². The average molecular weight is 529 g/mol. The maximum absolute atomic E-state index is 12.9. The highest BCUT2D eigenvalue weighted by atomic mass is 35.6. The Kier molecular flexibility index (Phi) is 5.55. The lowest BCUT2D eigenvalue weighted by Gasteiger charge is -2.53. The van der Waals surface area contributed by atoms with Gasteiger partial charge >= 0.3 is 12.2 Å². The lowest BCUT2D eigenvalue weighted by Crippen LogP contribution is -2.73. The molecule has 162 valence electrons. The first-order valence-corrected chi connectivity index (χ1v) is 11.1. The molecule has 5 aliphatic rings. The van der Waals surface area contributed by atoms with Gasteiger partial charge in [-0.3, -0.25) is 0 Å². The van der Waals surface area contributed by atoms with Crippen LogP contribution >= 0.6 is 69.6 Å². The molecule has 3 aliphatic heterocycles. The minimum absolute atomic E-state index is 0.496. The fourth-order valence-electron chi connectivity index (χ4n) is 4.69. The lowest BCUT2D eigenvalue weighted by molar-refractivity contribution is -0.0973. The number of carbonyl (C=O) groups excluding carboxylic acids is 2. The molecule has 0 aromatic rings. The first-order chi connectivity index (χ1) is 13.4. The van der Waals surface area contributed by atoms with Crippen LogP contribution in [0, 0.1) is 0 Å². The van der Waals surface area contributed by atoms with E-state index in [4.69, 9.17) is 83.8 Å². The van der Waals surface area contributed by atoms with E-state index in [2.05, 4.69) is 0 Å². The SMILES string of the molecule is O=C(OCC(Cl)(Cl)Cl)N1[C@H]2C=C[C@@H](N1C(=O)OCC(Cl)(Cl)Cl)[C@@]13CCCC[C@@]21O3. The van der Waals surface area contributed by atoms with E-state index in [1.165, 1.54) is 0 Å². The van der Waals surface area contributed by atoms with Gasteiger partial charge in [0.1, 0.15) is 36.5 Å². The predicted molar refractivity (Wildman–Crippen MR) is 109 cm³/mol. The molecule has 0 N–H and O–H groups in total. The number of halogens is 6. The van der Waals surface area contributed by atoms with Gasteiger partial charge in [-0.15, -0.1) is 0 Å². The van der Waals surface area contributed by atoms with Crippen LogP contribution in [0.2, 0.25) is 0 Å². The van der Waals surface area contributed by atoms with Gasteiger partial charge in [-0.25, -0.2) is 19.6 Å². The molecule has 29 heavy (non-hydrogen) atoms. The van der Waals surface area contributed by atoms with Crippen LogP contribution in [-0.2, 0) is 14.2 Å². The Labute approximate surface area is 196 Å². The standard InChI is InChI=1S/C16H16Cl6N2O5/c17-15(18,19)7-27-11(25)23-9-3-4-10(14-6-2-1-5-13(9,14)29-14)24(23)12(26)28-8-16(20,21)22/h3-4,9-10H,1-2,5-8H2/t9-,10+,13+,14-. The molecular formula is C16H16Cl6N2O5. The van der Waals surface area contributed by atoms with Crippen molar-refractivity contribution in [2.45, 2.75) is 56.6 Å². The largest absolute Gasteiger partial charge is 0.444 e. The van der Waals surface area contributed by atoms with Crippen LogP contribution in [-0.4, -0.2) is 66.3 Å². The highest BCUT2D eigenvalue weighted by molar-refractivity contribution is 6.68. The summed E-state index contributed by atoms with van der Waals surface area (Å²) in [6, 6.07) is -1.15. The van der Waals surface area contributed by atoms with Crippen molar-refractivity contribution in [3.8, 4) is 0 Å². The Hall–Kier alpha value is -0.0200. The fourth-order valence-corrected chi connectivity index (χ4v) is 5.01. The molecule has 0 aromatic heterocycles. The Morgan fingerprint density at radius 3 is 1.59 bits per heavy atom. The summed E-state index contributed by atoms with van der Waals surface area (Å²) < 4.78 is 12.9. The van der Waals surface area contributed by atoms with E-state index in [0.717, 1.165) is 35.7 Å². The number of rotatable bonds is 2. The second-order valence-electron chi connectivity index (χ2n) is 7.39. The Morgan fingerprint density at radius 1 is 0.862 bits per heavy atom. The number of hydrogen-bond donors (Lipinski definition) is 0. The van der Waals surface area contributed by atoms with Crippen molar-refractivity contribution in [1.29, 1.82) is 0 Å². The Bertz CT molecular complexity index is 695. The van der Waals surface area contributed by atoms with Crippen molar-refractivity contribution in [3.05, 3.63) is 12.2 Å². The molecule has 0 spiro atoms. The molecule has 2 saturated heterocycles. The van der Waals surface area contributed by atoms with Crippen LogP contribution in [0.1, 0.15) is 25.7 Å². The summed E-state index contributed by atoms with van der Waals surface area (Å²) in [6.07, 6.45) is 5.33. The summed E-state index contributed by atoms with van der Waals surface area (Å²) in [5, 5.41) is 2.30. The number of epoxide rings is 1. The van der Waals surface area contributed by atoms with E-state index in [0.29, 0.717) is 0 Å². The number of hydrogen-bond acceptors (Lipinski definition) is 5. The quantitative estimate of drug-likeness (QED) is 0.289. The zero-order chi connectivity index (χ0) is 21.2. The van der Waals surface area contributed by atoms with Crippen molar-refractivity contribution in [3.63, 3.8) is 0 Å². The molecule has 2 amide bonds. The lowest BCUT2D eigenvalue weighted by atomic mass is 9.67. The van der Waals surface area contributed by atoms with Crippen molar-refractivity contribution in [1.82, 2.24) is 10.0 Å². The third-order valence-electron chi connectivity index (χ3n) is 5.67. The fraction of sp³-hybridized carbons (Fsp3) is 0.750. The second-order valence-corrected chi connectivity index (χ2v) is 12.4. The second kappa shape index (κ2) is 7.26. The van der Waals surface area contributed by atoms with Gasteiger partial charge in [0.05, 0.1) is 0 Å². The highest BCUT2D eigenvalue weighted by Gasteiger charge is 2.83. The molecule has 5 rings (SSSR count). The molecule has 0 aromatic carbocycles.